The van der Waals surface area contributed by atoms with Crippen molar-refractivity contribution in [3.63, 3.8) is 0 Å². The highest BCUT2D eigenvalue weighted by Gasteiger charge is 2.34. The predicted octanol–water partition coefficient (Wildman–Crippen LogP) is 6.49. The Morgan fingerprint density at radius 2 is 1.53 bits per heavy atom. The molecule has 2 nitrogen and oxygen atoms in total. The molecule has 1 saturated heterocycles. The number of ether oxygens (including phenoxy) is 2. The third-order valence-corrected chi connectivity index (χ3v) is 6.54. The van der Waals surface area contributed by atoms with Crippen molar-refractivity contribution in [1.29, 1.82) is 0 Å². The number of halogens is 3. The van der Waals surface area contributed by atoms with E-state index >= 15 is 0 Å². The molecule has 0 amide bonds. The highest BCUT2D eigenvalue weighted by Crippen LogP contribution is 2.40. The van der Waals surface area contributed by atoms with Crippen molar-refractivity contribution in [2.75, 3.05) is 13.2 Å². The molecule has 30 heavy (non-hydrogen) atoms. The molecule has 1 aliphatic heterocycles. The summed E-state index contributed by atoms with van der Waals surface area (Å²) in [5, 5.41) is 0. The second-order valence-electron chi connectivity index (χ2n) is 8.62. The molecule has 5 heteroatoms. The fourth-order valence-corrected chi connectivity index (χ4v) is 4.81. The Labute approximate surface area is 176 Å². The second kappa shape index (κ2) is 9.52. The molecule has 0 radical (unpaired) electrons. The Balaban J connectivity index is 1.29. The molecule has 2 aromatic rings. The van der Waals surface area contributed by atoms with Gasteiger partial charge in [0.1, 0.15) is 5.82 Å². The summed E-state index contributed by atoms with van der Waals surface area (Å²) in [6.45, 7) is 3.00. The lowest BCUT2D eigenvalue weighted by atomic mass is 9.78. The molecular weight excluding hydrogens is 389 g/mol. The first-order chi connectivity index (χ1) is 14.5. The minimum atomic E-state index is -0.803. The Morgan fingerprint density at radius 3 is 2.17 bits per heavy atom. The van der Waals surface area contributed by atoms with E-state index in [2.05, 4.69) is 6.92 Å². The lowest BCUT2D eigenvalue weighted by Gasteiger charge is -2.38. The summed E-state index contributed by atoms with van der Waals surface area (Å²) in [6.07, 6.45) is 5.23. The van der Waals surface area contributed by atoms with Gasteiger partial charge in [0.2, 0.25) is 0 Å². The lowest BCUT2D eigenvalue weighted by molar-refractivity contribution is -0.217. The largest absolute Gasteiger partial charge is 0.352 e. The van der Waals surface area contributed by atoms with Crippen LogP contribution in [-0.2, 0) is 15.9 Å². The average molecular weight is 418 g/mol. The van der Waals surface area contributed by atoms with Crippen molar-refractivity contribution in [3.05, 3.63) is 70.5 Å². The fourth-order valence-electron chi connectivity index (χ4n) is 4.81. The van der Waals surface area contributed by atoms with Crippen LogP contribution in [0.5, 0.6) is 0 Å². The van der Waals surface area contributed by atoms with Gasteiger partial charge in [0.15, 0.2) is 17.9 Å². The zero-order valence-electron chi connectivity index (χ0n) is 17.4. The third-order valence-electron chi connectivity index (χ3n) is 6.54. The molecule has 0 spiro atoms. The van der Waals surface area contributed by atoms with E-state index in [-0.39, 0.29) is 29.9 Å². The molecule has 0 N–H and O–H groups in total. The van der Waals surface area contributed by atoms with E-state index in [0.717, 1.165) is 49.7 Å². The number of hydrogen-bond donors (Lipinski definition) is 0. The molecular formula is C25H29F3O2. The lowest BCUT2D eigenvalue weighted by Crippen LogP contribution is -2.37. The van der Waals surface area contributed by atoms with Crippen LogP contribution >= 0.6 is 0 Å². The summed E-state index contributed by atoms with van der Waals surface area (Å²) in [7, 11) is 0. The highest BCUT2D eigenvalue weighted by atomic mass is 19.2. The van der Waals surface area contributed by atoms with Gasteiger partial charge in [-0.05, 0) is 72.9 Å². The summed E-state index contributed by atoms with van der Waals surface area (Å²) in [6, 6.07) is 9.70. The van der Waals surface area contributed by atoms with Gasteiger partial charge < -0.3 is 9.47 Å². The second-order valence-corrected chi connectivity index (χ2v) is 8.62. The molecule has 1 saturated carbocycles. The normalized spacial score (nSPS) is 27.2. The van der Waals surface area contributed by atoms with Crippen LogP contribution in [0.4, 0.5) is 13.2 Å². The van der Waals surface area contributed by atoms with Crippen molar-refractivity contribution in [3.8, 4) is 0 Å². The van der Waals surface area contributed by atoms with Crippen molar-refractivity contribution < 1.29 is 22.6 Å². The molecule has 0 bridgehead atoms. The fraction of sp³-hybridized carbons (Fsp3) is 0.520. The minimum absolute atomic E-state index is 0.0875. The van der Waals surface area contributed by atoms with Crippen LogP contribution in [-0.4, -0.2) is 19.5 Å². The average Bonchev–Trinajstić information content (AvgIpc) is 2.76. The van der Waals surface area contributed by atoms with E-state index in [1.54, 1.807) is 12.1 Å². The maximum atomic E-state index is 14.5. The molecule has 2 aromatic carbocycles. The topological polar surface area (TPSA) is 18.5 Å². The van der Waals surface area contributed by atoms with Crippen LogP contribution < -0.4 is 0 Å². The van der Waals surface area contributed by atoms with Crippen molar-refractivity contribution in [2.24, 2.45) is 5.92 Å². The van der Waals surface area contributed by atoms with Crippen LogP contribution in [0, 0.1) is 23.4 Å². The molecule has 0 unspecified atom stereocenters. The third kappa shape index (κ3) is 4.73. The van der Waals surface area contributed by atoms with Crippen LogP contribution in [0.15, 0.2) is 36.4 Å². The number of hydrogen-bond acceptors (Lipinski definition) is 2. The summed E-state index contributed by atoms with van der Waals surface area (Å²) >= 11 is 0. The maximum Gasteiger partial charge on any atom is 0.160 e. The molecule has 0 atom stereocenters. The zero-order valence-corrected chi connectivity index (χ0v) is 17.4. The first kappa shape index (κ1) is 21.4. The molecule has 162 valence electrons. The standard InChI is InChI=1S/C25H29F3O2/c1-2-3-16-4-10-21(23(27)12-16)20-14-29-25(30-15-20)18-7-5-17(6-8-18)19-9-11-22(26)24(28)13-19/h4,9-13,17-18,20,25H,2-3,5-8,14-15H2,1H3. The molecule has 1 aliphatic carbocycles. The van der Waals surface area contributed by atoms with Crippen LogP contribution in [0.2, 0.25) is 0 Å². The quantitative estimate of drug-likeness (QED) is 0.553. The van der Waals surface area contributed by atoms with E-state index in [9.17, 15) is 13.2 Å². The molecule has 2 aliphatic rings. The van der Waals surface area contributed by atoms with Crippen molar-refractivity contribution >= 4 is 0 Å². The van der Waals surface area contributed by atoms with Gasteiger partial charge in [-0.1, -0.05) is 31.5 Å². The van der Waals surface area contributed by atoms with Gasteiger partial charge in [0.05, 0.1) is 13.2 Å². The molecule has 2 fully saturated rings. The van der Waals surface area contributed by atoms with Gasteiger partial charge >= 0.3 is 0 Å². The van der Waals surface area contributed by atoms with E-state index < -0.39 is 11.6 Å². The van der Waals surface area contributed by atoms with E-state index in [1.165, 1.54) is 12.1 Å². The van der Waals surface area contributed by atoms with E-state index in [4.69, 9.17) is 9.47 Å². The van der Waals surface area contributed by atoms with Crippen LogP contribution in [0.3, 0.4) is 0 Å². The Morgan fingerprint density at radius 1 is 0.800 bits per heavy atom. The van der Waals surface area contributed by atoms with Gasteiger partial charge in [-0.3, -0.25) is 0 Å². The van der Waals surface area contributed by atoms with Crippen molar-refractivity contribution in [2.45, 2.75) is 63.6 Å². The minimum Gasteiger partial charge on any atom is -0.352 e. The van der Waals surface area contributed by atoms with Gasteiger partial charge in [0.25, 0.3) is 0 Å². The predicted molar refractivity (Wildman–Crippen MR) is 110 cm³/mol. The summed E-state index contributed by atoms with van der Waals surface area (Å²) in [5.74, 6) is -1.33. The maximum absolute atomic E-state index is 14.5. The van der Waals surface area contributed by atoms with Gasteiger partial charge in [-0.25, -0.2) is 13.2 Å². The number of aryl methyl sites for hydroxylation is 1. The molecule has 1 heterocycles. The molecule has 4 rings (SSSR count). The summed E-state index contributed by atoms with van der Waals surface area (Å²) in [4.78, 5) is 0. The Kier molecular flexibility index (Phi) is 6.79. The monoisotopic (exact) mass is 418 g/mol. The first-order valence-electron chi connectivity index (χ1n) is 11.0. The van der Waals surface area contributed by atoms with Gasteiger partial charge in [-0.15, -0.1) is 0 Å². The Bertz CT molecular complexity index is 853. The molecule has 0 aromatic heterocycles. The first-order valence-corrected chi connectivity index (χ1v) is 11.0. The van der Waals surface area contributed by atoms with E-state index in [1.807, 2.05) is 12.1 Å². The van der Waals surface area contributed by atoms with Crippen molar-refractivity contribution in [1.82, 2.24) is 0 Å². The van der Waals surface area contributed by atoms with Crippen LogP contribution in [0.1, 0.15) is 67.6 Å². The smallest absolute Gasteiger partial charge is 0.160 e. The highest BCUT2D eigenvalue weighted by molar-refractivity contribution is 5.28. The summed E-state index contributed by atoms with van der Waals surface area (Å²) in [5.41, 5.74) is 2.54. The zero-order chi connectivity index (χ0) is 21.1. The SMILES string of the molecule is CCCc1ccc(C2COC(C3CCC(c4ccc(F)c(F)c4)CC3)OC2)c(F)c1. The Hall–Kier alpha value is -1.85. The summed E-state index contributed by atoms with van der Waals surface area (Å²) < 4.78 is 53.2. The number of rotatable bonds is 5. The van der Waals surface area contributed by atoms with Crippen LogP contribution in [0.25, 0.3) is 0 Å². The number of benzene rings is 2. The van der Waals surface area contributed by atoms with E-state index in [0.29, 0.717) is 18.8 Å². The van der Waals surface area contributed by atoms with Gasteiger partial charge in [0, 0.05) is 11.8 Å². The van der Waals surface area contributed by atoms with Gasteiger partial charge in [-0.2, -0.15) is 0 Å².